The molecular formula is C55H102N2O7P+. The van der Waals surface area contributed by atoms with Crippen molar-refractivity contribution in [1.82, 2.24) is 5.32 Å². The average molecular weight is 934 g/mol. The van der Waals surface area contributed by atoms with Gasteiger partial charge in [0.15, 0.2) is 0 Å². The van der Waals surface area contributed by atoms with Gasteiger partial charge in [0.1, 0.15) is 19.3 Å². The number of ether oxygens (including phenoxy) is 1. The summed E-state index contributed by atoms with van der Waals surface area (Å²) in [5, 5.41) is 3.02. The van der Waals surface area contributed by atoms with Gasteiger partial charge < -0.3 is 19.4 Å². The van der Waals surface area contributed by atoms with E-state index in [4.69, 9.17) is 13.8 Å². The van der Waals surface area contributed by atoms with Crippen molar-refractivity contribution in [3.63, 3.8) is 0 Å². The Bertz CT molecular complexity index is 1300. The predicted molar refractivity (Wildman–Crippen MR) is 277 cm³/mol. The number of carbonyl (C=O) groups excluding carboxylic acids is 2. The van der Waals surface area contributed by atoms with E-state index in [0.29, 0.717) is 17.4 Å². The van der Waals surface area contributed by atoms with Gasteiger partial charge in [-0.1, -0.05) is 185 Å². The van der Waals surface area contributed by atoms with Gasteiger partial charge in [-0.2, -0.15) is 0 Å². The molecule has 2 N–H and O–H groups in total. The van der Waals surface area contributed by atoms with E-state index in [9.17, 15) is 19.0 Å². The molecule has 0 spiro atoms. The summed E-state index contributed by atoms with van der Waals surface area (Å²) in [6.07, 6.45) is 55.0. The minimum Gasteiger partial charge on any atom is -0.456 e. The Morgan fingerprint density at radius 1 is 0.538 bits per heavy atom. The molecule has 3 atom stereocenters. The number of allylic oxidation sites excluding steroid dienone is 9. The number of amides is 1. The van der Waals surface area contributed by atoms with Gasteiger partial charge in [0, 0.05) is 12.8 Å². The molecule has 10 heteroatoms. The maximum absolute atomic E-state index is 13.4. The first-order valence-corrected chi connectivity index (χ1v) is 28.1. The lowest BCUT2D eigenvalue weighted by molar-refractivity contribution is -0.870. The van der Waals surface area contributed by atoms with E-state index in [1.165, 1.54) is 83.5 Å². The van der Waals surface area contributed by atoms with Crippen LogP contribution in [0.25, 0.3) is 0 Å². The molecule has 0 saturated heterocycles. The normalized spacial score (nSPS) is 14.4. The van der Waals surface area contributed by atoms with Crippen molar-refractivity contribution in [2.24, 2.45) is 0 Å². The number of carbonyl (C=O) groups is 2. The lowest BCUT2D eigenvalue weighted by atomic mass is 10.1. The summed E-state index contributed by atoms with van der Waals surface area (Å²) in [6, 6.07) is -0.861. The number of esters is 1. The minimum absolute atomic E-state index is 0.0327. The van der Waals surface area contributed by atoms with Gasteiger partial charge in [-0.05, 0) is 89.5 Å². The number of quaternary nitrogens is 1. The number of phosphoric ester groups is 1. The minimum atomic E-state index is -4.45. The maximum atomic E-state index is 13.4. The zero-order valence-electron chi connectivity index (χ0n) is 43.0. The highest BCUT2D eigenvalue weighted by Gasteiger charge is 2.30. The molecule has 1 amide bonds. The van der Waals surface area contributed by atoms with Crippen molar-refractivity contribution in [2.45, 2.75) is 238 Å². The van der Waals surface area contributed by atoms with Crippen molar-refractivity contribution in [1.29, 1.82) is 0 Å². The molecule has 0 aliphatic carbocycles. The smallest absolute Gasteiger partial charge is 0.456 e. The van der Waals surface area contributed by atoms with Crippen LogP contribution in [0.4, 0.5) is 0 Å². The summed E-state index contributed by atoms with van der Waals surface area (Å²) in [5.41, 5.74) is 0. The zero-order valence-corrected chi connectivity index (χ0v) is 43.9. The Balaban J connectivity index is 5.42. The quantitative estimate of drug-likeness (QED) is 0.0206. The maximum Gasteiger partial charge on any atom is 0.472 e. The summed E-state index contributed by atoms with van der Waals surface area (Å²) in [7, 11) is 1.47. The molecule has 0 saturated carbocycles. The Morgan fingerprint density at radius 2 is 0.954 bits per heavy atom. The number of rotatable bonds is 47. The first-order valence-electron chi connectivity index (χ1n) is 26.6. The topological polar surface area (TPSA) is 111 Å². The van der Waals surface area contributed by atoms with Crippen LogP contribution < -0.4 is 5.32 Å². The van der Waals surface area contributed by atoms with E-state index in [1.807, 2.05) is 33.3 Å². The molecule has 378 valence electrons. The monoisotopic (exact) mass is 934 g/mol. The lowest BCUT2D eigenvalue weighted by Crippen LogP contribution is -2.47. The zero-order chi connectivity index (χ0) is 48.0. The summed E-state index contributed by atoms with van der Waals surface area (Å²) in [6.45, 7) is 6.90. The van der Waals surface area contributed by atoms with Crippen LogP contribution in [0.3, 0.4) is 0 Å². The molecule has 0 aliphatic heterocycles. The van der Waals surface area contributed by atoms with E-state index < -0.39 is 20.0 Å². The van der Waals surface area contributed by atoms with Gasteiger partial charge in [0.2, 0.25) is 5.91 Å². The van der Waals surface area contributed by atoms with Gasteiger partial charge in [0.25, 0.3) is 0 Å². The predicted octanol–water partition coefficient (Wildman–Crippen LogP) is 15.5. The molecule has 0 bridgehead atoms. The second-order valence-corrected chi connectivity index (χ2v) is 20.5. The van der Waals surface area contributed by atoms with E-state index in [-0.39, 0.29) is 31.5 Å². The largest absolute Gasteiger partial charge is 0.472 e. The van der Waals surface area contributed by atoms with Crippen LogP contribution >= 0.6 is 7.82 Å². The molecule has 0 fully saturated rings. The molecule has 0 aromatic carbocycles. The highest BCUT2D eigenvalue weighted by atomic mass is 31.2. The molecule has 0 radical (unpaired) electrons. The first-order chi connectivity index (χ1) is 31.4. The standard InChI is InChI=1S/C55H101N2O7P/c1-7-10-13-16-19-22-25-26-27-28-29-30-33-35-38-41-44-47-54(58)56-52(51-63-65(60,61)62-50-49-57(4,5)6)53(46-43-40-37-34-31-23-20-17-14-11-8-2)64-55(59)48-45-42-39-36-32-24-21-18-15-12-9-3/h18-19,21-22,26-27,29-30,43,46,52-53H,7-17,20,23-25,28,31-42,44-45,47-51H2,1-6H3,(H-,56,58,60,61)/p+1/b21-18-,22-19-,27-26-,30-29-,46-43-. The Kier molecular flexibility index (Phi) is 43.9. The number of unbranched alkanes of at least 4 members (excludes halogenated alkanes) is 23. The number of hydrogen-bond donors (Lipinski definition) is 2. The van der Waals surface area contributed by atoms with Crippen molar-refractivity contribution < 1.29 is 37.3 Å². The summed E-state index contributed by atoms with van der Waals surface area (Å²) < 4.78 is 30.5. The van der Waals surface area contributed by atoms with Crippen LogP contribution in [0.15, 0.2) is 60.8 Å². The Labute approximate surface area is 401 Å². The van der Waals surface area contributed by atoms with Gasteiger partial charge in [-0.15, -0.1) is 0 Å². The van der Waals surface area contributed by atoms with E-state index in [1.54, 1.807) is 0 Å². The molecule has 0 aromatic heterocycles. The summed E-state index contributed by atoms with van der Waals surface area (Å²) in [4.78, 5) is 37.4. The van der Waals surface area contributed by atoms with Crippen LogP contribution in [0.1, 0.15) is 226 Å². The van der Waals surface area contributed by atoms with Crippen molar-refractivity contribution in [3.8, 4) is 0 Å². The number of likely N-dealkylation sites (N-methyl/N-ethyl adjacent to an activating group) is 1. The number of hydrogen-bond acceptors (Lipinski definition) is 6. The third kappa shape index (κ3) is 46.6. The van der Waals surface area contributed by atoms with Crippen LogP contribution in [0.2, 0.25) is 0 Å². The molecule has 0 aromatic rings. The molecule has 0 aliphatic rings. The fourth-order valence-electron chi connectivity index (χ4n) is 7.22. The van der Waals surface area contributed by atoms with E-state index in [2.05, 4.69) is 74.7 Å². The fraction of sp³-hybridized carbons (Fsp3) is 0.782. The van der Waals surface area contributed by atoms with E-state index in [0.717, 1.165) is 109 Å². The number of phosphoric acid groups is 1. The van der Waals surface area contributed by atoms with Crippen LogP contribution in [0.5, 0.6) is 0 Å². The number of nitrogens with zero attached hydrogens (tertiary/aromatic N) is 1. The summed E-state index contributed by atoms with van der Waals surface area (Å²) in [5.74, 6) is -0.545. The average Bonchev–Trinajstić information content (AvgIpc) is 3.26. The van der Waals surface area contributed by atoms with Crippen molar-refractivity contribution in [2.75, 3.05) is 40.9 Å². The Morgan fingerprint density at radius 3 is 1.49 bits per heavy atom. The highest BCUT2D eigenvalue weighted by Crippen LogP contribution is 2.43. The lowest BCUT2D eigenvalue weighted by Gasteiger charge is -2.27. The second kappa shape index (κ2) is 45.5. The third-order valence-electron chi connectivity index (χ3n) is 11.4. The van der Waals surface area contributed by atoms with E-state index >= 15 is 0 Å². The van der Waals surface area contributed by atoms with Crippen LogP contribution in [0, 0.1) is 0 Å². The fourth-order valence-corrected chi connectivity index (χ4v) is 7.96. The third-order valence-corrected chi connectivity index (χ3v) is 12.4. The molecule has 65 heavy (non-hydrogen) atoms. The summed E-state index contributed by atoms with van der Waals surface area (Å²) >= 11 is 0. The molecule has 0 heterocycles. The molecule has 3 unspecified atom stereocenters. The van der Waals surface area contributed by atoms with Crippen LogP contribution in [-0.2, 0) is 27.9 Å². The SMILES string of the molecule is CCCC/C=C\CCCCCCCC(=O)OC(/C=C\CCCCCCCCCCC)C(COP(=O)(O)OCC[N+](C)(C)C)NC(=O)CCCCCC/C=C\C/C=C\C/C=C\CCCCC. The molecule has 0 rings (SSSR count). The Hall–Kier alpha value is -2.29. The van der Waals surface area contributed by atoms with Gasteiger partial charge >= 0.3 is 13.8 Å². The van der Waals surface area contributed by atoms with Crippen molar-refractivity contribution >= 4 is 19.7 Å². The highest BCUT2D eigenvalue weighted by molar-refractivity contribution is 7.47. The van der Waals surface area contributed by atoms with Crippen molar-refractivity contribution in [3.05, 3.63) is 60.8 Å². The molecule has 9 nitrogen and oxygen atoms in total. The molecular weight excluding hydrogens is 832 g/mol. The van der Waals surface area contributed by atoms with Gasteiger partial charge in [0.05, 0.1) is 33.8 Å². The second-order valence-electron chi connectivity index (χ2n) is 19.0. The number of nitrogens with one attached hydrogen (secondary N) is 1. The van der Waals surface area contributed by atoms with Gasteiger partial charge in [-0.25, -0.2) is 4.57 Å². The van der Waals surface area contributed by atoms with Gasteiger partial charge in [-0.3, -0.25) is 18.6 Å². The van der Waals surface area contributed by atoms with Crippen LogP contribution in [-0.4, -0.2) is 74.3 Å². The first kappa shape index (κ1) is 62.7.